The maximum absolute atomic E-state index is 13.4. The molecule has 0 saturated carbocycles. The fourth-order valence-electron chi connectivity index (χ4n) is 7.36. The van der Waals surface area contributed by atoms with Crippen LogP contribution in [0.15, 0.2) is 182 Å². The molecule has 0 aromatic heterocycles. The zero-order chi connectivity index (χ0) is 42.4. The van der Waals surface area contributed by atoms with Crippen molar-refractivity contribution in [2.24, 2.45) is 0 Å². The van der Waals surface area contributed by atoms with Crippen molar-refractivity contribution in [3.05, 3.63) is 182 Å². The molecule has 302 valence electrons. The summed E-state index contributed by atoms with van der Waals surface area (Å²) in [6, 6.07) is 53.9. The van der Waals surface area contributed by atoms with Gasteiger partial charge in [-0.25, -0.2) is 19.2 Å². The summed E-state index contributed by atoms with van der Waals surface area (Å²) in [7, 11) is 0. The van der Waals surface area contributed by atoms with Gasteiger partial charge in [0.1, 0.15) is 0 Å². The van der Waals surface area contributed by atoms with Gasteiger partial charge >= 0.3 is 24.1 Å². The lowest BCUT2D eigenvalue weighted by molar-refractivity contribution is 0.260. The van der Waals surface area contributed by atoms with E-state index in [0.717, 1.165) is 43.1 Å². The summed E-state index contributed by atoms with van der Waals surface area (Å²) in [5, 5.41) is 30.8. The zero-order valence-electron chi connectivity index (χ0n) is 33.0. The second-order valence-corrected chi connectivity index (χ2v) is 14.4. The van der Waals surface area contributed by atoms with Gasteiger partial charge in [0.05, 0.1) is 45.5 Å². The summed E-state index contributed by atoms with van der Waals surface area (Å²) in [5.74, 6) is 0. The molecule has 0 radical (unpaired) electrons. The highest BCUT2D eigenvalue weighted by Gasteiger charge is 2.16. The highest BCUT2D eigenvalue weighted by Crippen LogP contribution is 2.31. The van der Waals surface area contributed by atoms with E-state index < -0.39 is 24.1 Å². The number of urea groups is 4. The molecule has 8 N–H and O–H groups in total. The molecule has 12 heteroatoms. The van der Waals surface area contributed by atoms with E-state index in [9.17, 15) is 19.2 Å². The van der Waals surface area contributed by atoms with Crippen LogP contribution in [0.25, 0.3) is 43.1 Å². The minimum Gasteiger partial charge on any atom is -0.307 e. The van der Waals surface area contributed by atoms with Crippen LogP contribution >= 0.6 is 0 Å². The topological polar surface area (TPSA) is 165 Å². The number of hydrogen-bond donors (Lipinski definition) is 8. The maximum Gasteiger partial charge on any atom is 0.323 e. The van der Waals surface area contributed by atoms with Gasteiger partial charge in [0.25, 0.3) is 0 Å². The highest BCUT2D eigenvalue weighted by atomic mass is 16.2. The third-order valence-corrected chi connectivity index (χ3v) is 10.3. The monoisotopic (exact) mass is 814 g/mol. The number of nitrogens with one attached hydrogen (secondary N) is 8. The summed E-state index contributed by atoms with van der Waals surface area (Å²) in [6.45, 7) is 0. The molecule has 0 bridgehead atoms. The number of carbonyl (C=O) groups is 4. The molecular weight excluding hydrogens is 777 g/mol. The SMILES string of the molecule is O=C(Nc1ccccc1NC(=O)Nc1ccccc1NC(=O)Nc1cccc2cc3ccccc3cc12)Nc1ccccc1NC(=O)Nc1cccc2cc3ccccc3cc12. The van der Waals surface area contributed by atoms with Crippen molar-refractivity contribution < 1.29 is 19.2 Å². The number of carbonyl (C=O) groups excluding carboxylic acids is 4. The highest BCUT2D eigenvalue weighted by molar-refractivity contribution is 6.13. The van der Waals surface area contributed by atoms with Crippen LogP contribution in [-0.2, 0) is 0 Å². The van der Waals surface area contributed by atoms with Crippen LogP contribution in [0.5, 0.6) is 0 Å². The first-order chi connectivity index (χ1) is 30.3. The molecule has 0 fully saturated rings. The minimum atomic E-state index is -0.616. The predicted octanol–water partition coefficient (Wildman–Crippen LogP) is 12.9. The standard InChI is InChI=1S/C50H38N8O4/c59-47(51-39-25-11-17-35-27-31-13-1-3-15-33(31)29-37(35)39)53-41-19-5-7-21-43(41)55-49(61)57-45-23-9-10-24-46(45)58-50(62)56-44-22-8-6-20-42(44)54-48(60)52-40-26-12-18-36-28-32-14-2-4-16-34(32)30-38(36)40/h1-30H,(H2,51,53,59)(H2,52,54,60)(H2,55,57,61)(H2,56,58,62). The zero-order valence-corrected chi connectivity index (χ0v) is 33.0. The van der Waals surface area contributed by atoms with E-state index >= 15 is 0 Å². The summed E-state index contributed by atoms with van der Waals surface area (Å²) in [6.07, 6.45) is 0. The van der Waals surface area contributed by atoms with Crippen molar-refractivity contribution in [1.29, 1.82) is 0 Å². The molecule has 0 saturated heterocycles. The van der Waals surface area contributed by atoms with Gasteiger partial charge in [0, 0.05) is 10.8 Å². The largest absolute Gasteiger partial charge is 0.323 e. The molecule has 0 aliphatic heterocycles. The van der Waals surface area contributed by atoms with E-state index in [2.05, 4.69) is 54.7 Å². The Kier molecular flexibility index (Phi) is 10.7. The van der Waals surface area contributed by atoms with Crippen molar-refractivity contribution in [3.8, 4) is 0 Å². The van der Waals surface area contributed by atoms with Gasteiger partial charge in [-0.2, -0.15) is 0 Å². The predicted molar refractivity (Wildman–Crippen MR) is 253 cm³/mol. The first-order valence-electron chi connectivity index (χ1n) is 19.8. The van der Waals surface area contributed by atoms with Crippen LogP contribution in [0, 0.1) is 0 Å². The van der Waals surface area contributed by atoms with Crippen LogP contribution in [0.2, 0.25) is 0 Å². The quantitative estimate of drug-likeness (QED) is 0.0716. The Morgan fingerprint density at radius 3 is 0.726 bits per heavy atom. The minimum absolute atomic E-state index is 0.306. The number of benzene rings is 9. The van der Waals surface area contributed by atoms with Gasteiger partial charge < -0.3 is 42.5 Å². The fraction of sp³-hybridized carbons (Fsp3) is 0. The first kappa shape index (κ1) is 38.6. The molecule has 9 aromatic rings. The van der Waals surface area contributed by atoms with Crippen molar-refractivity contribution >= 4 is 113 Å². The Hall–Kier alpha value is -8.90. The Morgan fingerprint density at radius 1 is 0.226 bits per heavy atom. The normalized spacial score (nSPS) is 10.8. The van der Waals surface area contributed by atoms with Crippen molar-refractivity contribution in [2.75, 3.05) is 42.5 Å². The lowest BCUT2D eigenvalue weighted by Gasteiger charge is -2.17. The summed E-state index contributed by atoms with van der Waals surface area (Å²) >= 11 is 0. The van der Waals surface area contributed by atoms with Crippen LogP contribution in [-0.4, -0.2) is 24.1 Å². The lowest BCUT2D eigenvalue weighted by Crippen LogP contribution is -2.25. The second-order valence-electron chi connectivity index (χ2n) is 14.4. The van der Waals surface area contributed by atoms with Crippen molar-refractivity contribution in [1.82, 2.24) is 0 Å². The van der Waals surface area contributed by atoms with Crippen molar-refractivity contribution in [2.45, 2.75) is 0 Å². The van der Waals surface area contributed by atoms with Crippen LogP contribution in [0.3, 0.4) is 0 Å². The molecule has 0 unspecified atom stereocenters. The van der Waals surface area contributed by atoms with Gasteiger partial charge in [0.2, 0.25) is 0 Å². The van der Waals surface area contributed by atoms with E-state index in [1.165, 1.54) is 0 Å². The molecular formula is C50H38N8O4. The molecule has 0 aliphatic rings. The molecule has 9 aromatic carbocycles. The van der Waals surface area contributed by atoms with Gasteiger partial charge in [-0.3, -0.25) is 0 Å². The number of anilines is 8. The third-order valence-electron chi connectivity index (χ3n) is 10.3. The Bertz CT molecular complexity index is 2990. The summed E-state index contributed by atoms with van der Waals surface area (Å²) < 4.78 is 0. The van der Waals surface area contributed by atoms with Gasteiger partial charge in [-0.15, -0.1) is 0 Å². The first-order valence-corrected chi connectivity index (χ1v) is 19.8. The molecule has 0 heterocycles. The third kappa shape index (κ3) is 8.60. The van der Waals surface area contributed by atoms with E-state index in [1.807, 2.05) is 97.1 Å². The second kappa shape index (κ2) is 17.1. The fourth-order valence-corrected chi connectivity index (χ4v) is 7.36. The lowest BCUT2D eigenvalue weighted by atomic mass is 10.0. The van der Waals surface area contributed by atoms with Crippen LogP contribution < -0.4 is 42.5 Å². The van der Waals surface area contributed by atoms with E-state index in [1.54, 1.807) is 72.8 Å². The number of para-hydroxylation sites is 6. The number of hydrogen-bond acceptors (Lipinski definition) is 4. The molecule has 12 nitrogen and oxygen atoms in total. The molecule has 8 amide bonds. The summed E-state index contributed by atoms with van der Waals surface area (Å²) in [4.78, 5) is 53.4. The average Bonchev–Trinajstić information content (AvgIpc) is 3.27. The smallest absolute Gasteiger partial charge is 0.307 e. The average molecular weight is 815 g/mol. The molecule has 0 atom stereocenters. The summed E-state index contributed by atoms with van der Waals surface area (Å²) in [5.41, 5.74) is 3.30. The Balaban J connectivity index is 0.829. The van der Waals surface area contributed by atoms with Crippen molar-refractivity contribution in [3.63, 3.8) is 0 Å². The number of rotatable bonds is 8. The molecule has 0 aliphatic carbocycles. The van der Waals surface area contributed by atoms with E-state index in [0.29, 0.717) is 45.5 Å². The molecule has 9 rings (SSSR count). The maximum atomic E-state index is 13.4. The van der Waals surface area contributed by atoms with E-state index in [-0.39, 0.29) is 0 Å². The van der Waals surface area contributed by atoms with Crippen LogP contribution in [0.1, 0.15) is 0 Å². The molecule has 62 heavy (non-hydrogen) atoms. The van der Waals surface area contributed by atoms with Gasteiger partial charge in [0.15, 0.2) is 0 Å². The van der Waals surface area contributed by atoms with Crippen LogP contribution in [0.4, 0.5) is 64.7 Å². The number of amides is 8. The Morgan fingerprint density at radius 2 is 0.435 bits per heavy atom. The van der Waals surface area contributed by atoms with Gasteiger partial charge in [-0.05, 0) is 105 Å². The van der Waals surface area contributed by atoms with Gasteiger partial charge in [-0.1, -0.05) is 109 Å². The number of fused-ring (bicyclic) bond motifs is 4. The van der Waals surface area contributed by atoms with E-state index in [4.69, 9.17) is 0 Å². The Labute approximate surface area is 355 Å². The molecule has 0 spiro atoms.